The highest BCUT2D eigenvalue weighted by molar-refractivity contribution is 7.92. The van der Waals surface area contributed by atoms with E-state index in [1.807, 2.05) is 12.1 Å². The van der Waals surface area contributed by atoms with Gasteiger partial charge in [-0.1, -0.05) is 23.7 Å². The normalized spacial score (nSPS) is 10.9. The Kier molecular flexibility index (Phi) is 8.61. The lowest BCUT2D eigenvalue weighted by atomic mass is 10.3. The topological polar surface area (TPSA) is 94.2 Å². The van der Waals surface area contributed by atoms with Gasteiger partial charge in [0.15, 0.2) is 11.5 Å². The molecule has 0 heterocycles. The van der Waals surface area contributed by atoms with E-state index in [9.17, 15) is 13.2 Å². The van der Waals surface area contributed by atoms with Crippen molar-refractivity contribution >= 4 is 33.2 Å². The molecule has 0 fully saturated rings. The van der Waals surface area contributed by atoms with Crippen LogP contribution in [0.5, 0.6) is 17.2 Å². The summed E-state index contributed by atoms with van der Waals surface area (Å²) in [5, 5.41) is 3.13. The molecule has 0 radical (unpaired) electrons. The number of hydrogen-bond acceptors (Lipinski definition) is 6. The molecular weight excluding hydrogens is 480 g/mol. The van der Waals surface area contributed by atoms with Crippen LogP contribution in [0.2, 0.25) is 5.02 Å². The molecule has 3 aromatic carbocycles. The summed E-state index contributed by atoms with van der Waals surface area (Å²) in [4.78, 5) is 12.7. The summed E-state index contributed by atoms with van der Waals surface area (Å²) in [6.07, 6.45) is 0. The number of rotatable bonds is 11. The summed E-state index contributed by atoms with van der Waals surface area (Å²) in [5.74, 6) is 1.15. The number of halogens is 1. The van der Waals surface area contributed by atoms with Gasteiger partial charge in [0, 0.05) is 5.02 Å². The van der Waals surface area contributed by atoms with Crippen LogP contribution in [0.25, 0.3) is 0 Å². The molecule has 3 rings (SSSR count). The number of hydrogen-bond donors (Lipinski definition) is 1. The summed E-state index contributed by atoms with van der Waals surface area (Å²) in [6.45, 7) is -0.0726. The minimum absolute atomic E-state index is 0.0237. The number of benzene rings is 3. The highest BCUT2D eigenvalue weighted by Gasteiger charge is 2.27. The Morgan fingerprint density at radius 3 is 2.18 bits per heavy atom. The van der Waals surface area contributed by atoms with Crippen LogP contribution in [0.3, 0.4) is 0 Å². The van der Waals surface area contributed by atoms with E-state index in [-0.39, 0.29) is 18.0 Å². The van der Waals surface area contributed by atoms with Crippen LogP contribution in [0.4, 0.5) is 5.69 Å². The third kappa shape index (κ3) is 6.33. The lowest BCUT2D eigenvalue weighted by Gasteiger charge is -2.24. The molecule has 0 aliphatic rings. The summed E-state index contributed by atoms with van der Waals surface area (Å²) < 4.78 is 43.7. The van der Waals surface area contributed by atoms with Crippen LogP contribution >= 0.6 is 11.6 Å². The van der Waals surface area contributed by atoms with Crippen LogP contribution in [0, 0.1) is 0 Å². The fourth-order valence-corrected chi connectivity index (χ4v) is 4.62. The first kappa shape index (κ1) is 25.2. The smallest absolute Gasteiger partial charge is 0.264 e. The van der Waals surface area contributed by atoms with Gasteiger partial charge in [0.05, 0.1) is 31.3 Å². The predicted octanol–water partition coefficient (Wildman–Crippen LogP) is 3.75. The van der Waals surface area contributed by atoms with E-state index < -0.39 is 22.5 Å². The zero-order valence-electron chi connectivity index (χ0n) is 18.7. The maximum Gasteiger partial charge on any atom is 0.264 e. The summed E-state index contributed by atoms with van der Waals surface area (Å²) >= 11 is 5.96. The molecule has 1 N–H and O–H groups in total. The molecule has 0 atom stereocenters. The number of methoxy groups -OCH3 is 2. The fraction of sp³-hybridized carbons (Fsp3) is 0.208. The number of nitrogens with one attached hydrogen (secondary N) is 1. The molecule has 1 amide bonds. The van der Waals surface area contributed by atoms with E-state index in [1.54, 1.807) is 55.6 Å². The van der Waals surface area contributed by atoms with Crippen LogP contribution in [0.15, 0.2) is 77.7 Å². The summed E-state index contributed by atoms with van der Waals surface area (Å²) in [5.41, 5.74) is 0.306. The average Bonchev–Trinajstić information content (AvgIpc) is 2.86. The van der Waals surface area contributed by atoms with E-state index in [0.29, 0.717) is 28.0 Å². The van der Waals surface area contributed by atoms with Gasteiger partial charge in [-0.3, -0.25) is 9.10 Å². The Morgan fingerprint density at radius 1 is 0.912 bits per heavy atom. The van der Waals surface area contributed by atoms with Crippen LogP contribution in [-0.2, 0) is 14.8 Å². The molecule has 0 aliphatic carbocycles. The highest BCUT2D eigenvalue weighted by atomic mass is 35.5. The maximum atomic E-state index is 13.4. The van der Waals surface area contributed by atoms with Gasteiger partial charge in [-0.15, -0.1) is 0 Å². The van der Waals surface area contributed by atoms with Crippen molar-refractivity contribution in [1.29, 1.82) is 0 Å². The Bertz CT molecular complexity index is 1200. The molecule has 180 valence electrons. The molecule has 0 unspecified atom stereocenters. The monoisotopic (exact) mass is 504 g/mol. The van der Waals surface area contributed by atoms with Crippen LogP contribution < -0.4 is 23.8 Å². The largest absolute Gasteiger partial charge is 0.497 e. The molecule has 10 heteroatoms. The zero-order chi connectivity index (χ0) is 24.6. The zero-order valence-corrected chi connectivity index (χ0v) is 20.3. The SMILES string of the molecule is COc1ccc(S(=O)(=O)N(CC(=O)NCCOc2ccccc2OC)c2ccc(Cl)cc2)cc1. The van der Waals surface area contributed by atoms with Crippen molar-refractivity contribution < 1.29 is 27.4 Å². The molecule has 8 nitrogen and oxygen atoms in total. The average molecular weight is 505 g/mol. The minimum Gasteiger partial charge on any atom is -0.497 e. The Morgan fingerprint density at radius 2 is 1.56 bits per heavy atom. The molecule has 0 aromatic heterocycles. The van der Waals surface area contributed by atoms with E-state index >= 15 is 0 Å². The van der Waals surface area contributed by atoms with Crippen LogP contribution in [-0.4, -0.2) is 48.2 Å². The number of carbonyl (C=O) groups excluding carboxylic acids is 1. The molecular formula is C24H25ClN2O6S. The number of sulfonamides is 1. The van der Waals surface area contributed by atoms with Crippen molar-refractivity contribution in [3.05, 3.63) is 77.8 Å². The van der Waals surface area contributed by atoms with E-state index in [0.717, 1.165) is 4.31 Å². The van der Waals surface area contributed by atoms with Crippen molar-refractivity contribution in [3.8, 4) is 17.2 Å². The Hall–Kier alpha value is -3.43. The standard InChI is InChI=1S/C24H25ClN2O6S/c1-31-20-11-13-21(14-12-20)34(29,30)27(19-9-7-18(25)8-10-19)17-24(28)26-15-16-33-23-6-4-3-5-22(23)32-2/h3-14H,15-17H2,1-2H3,(H,26,28). The number of anilines is 1. The van der Waals surface area contributed by atoms with Gasteiger partial charge < -0.3 is 19.5 Å². The highest BCUT2D eigenvalue weighted by Crippen LogP contribution is 2.27. The Labute approximate surface area is 204 Å². The molecule has 34 heavy (non-hydrogen) atoms. The number of para-hydroxylation sites is 2. The van der Waals surface area contributed by atoms with E-state index in [2.05, 4.69) is 5.32 Å². The summed E-state index contributed by atoms with van der Waals surface area (Å²) in [6, 6.07) is 19.3. The molecule has 0 bridgehead atoms. The van der Waals surface area contributed by atoms with Crippen molar-refractivity contribution in [1.82, 2.24) is 5.32 Å². The van der Waals surface area contributed by atoms with Gasteiger partial charge in [-0.2, -0.15) is 0 Å². The van der Waals surface area contributed by atoms with Gasteiger partial charge >= 0.3 is 0 Å². The number of carbonyl (C=O) groups is 1. The van der Waals surface area contributed by atoms with Gasteiger partial charge in [0.2, 0.25) is 5.91 Å². The van der Waals surface area contributed by atoms with Crippen molar-refractivity contribution in [2.75, 3.05) is 38.2 Å². The second-order valence-electron chi connectivity index (χ2n) is 7.01. The molecule has 0 spiro atoms. The number of amides is 1. The fourth-order valence-electron chi connectivity index (χ4n) is 3.07. The molecule has 0 saturated heterocycles. The second-order valence-corrected chi connectivity index (χ2v) is 9.31. The lowest BCUT2D eigenvalue weighted by Crippen LogP contribution is -2.41. The van der Waals surface area contributed by atoms with Gasteiger partial charge in [0.1, 0.15) is 18.9 Å². The van der Waals surface area contributed by atoms with Gasteiger partial charge in [0.25, 0.3) is 10.0 Å². The van der Waals surface area contributed by atoms with Gasteiger partial charge in [-0.25, -0.2) is 8.42 Å². The number of nitrogens with zero attached hydrogens (tertiary/aromatic N) is 1. The third-order valence-corrected chi connectivity index (χ3v) is 6.84. The molecule has 0 saturated carbocycles. The quantitative estimate of drug-likeness (QED) is 0.400. The predicted molar refractivity (Wildman–Crippen MR) is 130 cm³/mol. The Balaban J connectivity index is 1.71. The number of ether oxygens (including phenoxy) is 3. The van der Waals surface area contributed by atoms with Gasteiger partial charge in [-0.05, 0) is 60.7 Å². The summed E-state index contributed by atoms with van der Waals surface area (Å²) in [7, 11) is -1.01. The minimum atomic E-state index is -4.04. The van der Waals surface area contributed by atoms with Crippen LogP contribution in [0.1, 0.15) is 0 Å². The first-order chi connectivity index (χ1) is 16.3. The maximum absolute atomic E-state index is 13.4. The first-order valence-electron chi connectivity index (χ1n) is 10.3. The second kappa shape index (κ2) is 11.6. The van der Waals surface area contributed by atoms with Crippen molar-refractivity contribution in [2.24, 2.45) is 0 Å². The molecule has 0 aliphatic heterocycles. The van der Waals surface area contributed by atoms with Crippen molar-refractivity contribution in [2.45, 2.75) is 4.90 Å². The van der Waals surface area contributed by atoms with E-state index in [4.69, 9.17) is 25.8 Å². The lowest BCUT2D eigenvalue weighted by molar-refractivity contribution is -0.119. The first-order valence-corrected chi connectivity index (χ1v) is 12.1. The third-order valence-electron chi connectivity index (χ3n) is 4.80. The van der Waals surface area contributed by atoms with Crippen molar-refractivity contribution in [3.63, 3.8) is 0 Å². The molecule has 3 aromatic rings. The van der Waals surface area contributed by atoms with E-state index in [1.165, 1.54) is 19.2 Å².